The predicted molar refractivity (Wildman–Crippen MR) is 87.5 cm³/mol. The third-order valence-corrected chi connectivity index (χ3v) is 4.41. The van der Waals surface area contributed by atoms with Crippen LogP contribution in [0.2, 0.25) is 0 Å². The molecule has 0 spiro atoms. The monoisotopic (exact) mass is 319 g/mol. The lowest BCUT2D eigenvalue weighted by Gasteiger charge is -2.28. The van der Waals surface area contributed by atoms with Gasteiger partial charge in [-0.05, 0) is 34.5 Å². The Labute approximate surface area is 137 Å². The van der Waals surface area contributed by atoms with Crippen LogP contribution < -0.4 is 19.5 Å². The molecule has 0 fully saturated rings. The predicted octanol–water partition coefficient (Wildman–Crippen LogP) is 3.76. The van der Waals surface area contributed by atoms with E-state index in [1.54, 1.807) is 0 Å². The summed E-state index contributed by atoms with van der Waals surface area (Å²) in [5.41, 5.74) is 1.88. The maximum atomic E-state index is 12.0. The van der Waals surface area contributed by atoms with Crippen LogP contribution in [0.3, 0.4) is 0 Å². The second kappa shape index (κ2) is 4.89. The van der Waals surface area contributed by atoms with Gasteiger partial charge in [0, 0.05) is 5.56 Å². The van der Waals surface area contributed by atoms with Crippen LogP contribution in [0.4, 0.5) is 4.79 Å². The summed E-state index contributed by atoms with van der Waals surface area (Å²) in [5.74, 6) is 1.99. The van der Waals surface area contributed by atoms with Crippen molar-refractivity contribution in [3.05, 3.63) is 65.7 Å². The Morgan fingerprint density at radius 2 is 1.75 bits per heavy atom. The molecule has 3 aromatic rings. The minimum atomic E-state index is -0.458. The molecule has 0 aliphatic carbocycles. The molecule has 0 saturated carbocycles. The number of rotatable bonds is 1. The van der Waals surface area contributed by atoms with E-state index in [1.165, 1.54) is 0 Å². The molecule has 0 radical (unpaired) electrons. The fraction of sp³-hybridized carbons (Fsp3) is 0.105. The van der Waals surface area contributed by atoms with E-state index in [4.69, 9.17) is 14.2 Å². The molecule has 1 N–H and O–H groups in total. The molecule has 2 aliphatic heterocycles. The second-order valence-corrected chi connectivity index (χ2v) is 5.78. The smallest absolute Gasteiger partial charge is 0.413 e. The van der Waals surface area contributed by atoms with Gasteiger partial charge in [-0.1, -0.05) is 36.4 Å². The lowest BCUT2D eigenvalue weighted by Crippen LogP contribution is -2.36. The molecule has 1 unspecified atom stereocenters. The Hall–Kier alpha value is -3.21. The SMILES string of the molecule is O=C1NC(c2ccc3c(c2)OCO3)c2c(ccc3ccccc23)O1. The van der Waals surface area contributed by atoms with Crippen molar-refractivity contribution in [2.24, 2.45) is 0 Å². The van der Waals surface area contributed by atoms with E-state index in [1.807, 2.05) is 54.6 Å². The molecule has 0 aromatic heterocycles. The summed E-state index contributed by atoms with van der Waals surface area (Å²) in [6, 6.07) is 17.3. The van der Waals surface area contributed by atoms with Crippen molar-refractivity contribution in [2.45, 2.75) is 6.04 Å². The van der Waals surface area contributed by atoms with Gasteiger partial charge in [0.2, 0.25) is 6.79 Å². The molecular weight excluding hydrogens is 306 g/mol. The van der Waals surface area contributed by atoms with Crippen molar-refractivity contribution in [2.75, 3.05) is 6.79 Å². The summed E-state index contributed by atoms with van der Waals surface area (Å²) in [6.07, 6.45) is -0.458. The topological polar surface area (TPSA) is 56.8 Å². The van der Waals surface area contributed by atoms with E-state index in [2.05, 4.69) is 5.32 Å². The molecule has 0 saturated heterocycles. The Balaban J connectivity index is 1.73. The Morgan fingerprint density at radius 3 is 2.71 bits per heavy atom. The minimum Gasteiger partial charge on any atom is -0.454 e. The number of hydrogen-bond acceptors (Lipinski definition) is 4. The summed E-state index contributed by atoms with van der Waals surface area (Å²) < 4.78 is 16.2. The first kappa shape index (κ1) is 13.2. The van der Waals surface area contributed by atoms with Gasteiger partial charge in [0.15, 0.2) is 11.5 Å². The largest absolute Gasteiger partial charge is 0.454 e. The first-order chi connectivity index (χ1) is 11.8. The highest BCUT2D eigenvalue weighted by Crippen LogP contribution is 2.41. The Kier molecular flexibility index (Phi) is 2.70. The third kappa shape index (κ3) is 1.91. The van der Waals surface area contributed by atoms with E-state index in [0.29, 0.717) is 11.5 Å². The minimum absolute atomic E-state index is 0.221. The van der Waals surface area contributed by atoms with E-state index >= 15 is 0 Å². The van der Waals surface area contributed by atoms with Gasteiger partial charge in [-0.25, -0.2) is 4.79 Å². The maximum absolute atomic E-state index is 12.0. The quantitative estimate of drug-likeness (QED) is 0.742. The highest BCUT2D eigenvalue weighted by atomic mass is 16.7. The molecule has 5 heteroatoms. The fourth-order valence-electron chi connectivity index (χ4n) is 3.32. The first-order valence-corrected chi connectivity index (χ1v) is 7.69. The average Bonchev–Trinajstić information content (AvgIpc) is 3.08. The van der Waals surface area contributed by atoms with Gasteiger partial charge in [0.25, 0.3) is 0 Å². The lowest BCUT2D eigenvalue weighted by atomic mass is 9.92. The first-order valence-electron chi connectivity index (χ1n) is 7.69. The van der Waals surface area contributed by atoms with E-state index in [9.17, 15) is 4.79 Å². The molecule has 1 amide bonds. The number of fused-ring (bicyclic) bond motifs is 4. The van der Waals surface area contributed by atoms with Crippen molar-refractivity contribution in [3.63, 3.8) is 0 Å². The highest BCUT2D eigenvalue weighted by molar-refractivity contribution is 5.91. The average molecular weight is 319 g/mol. The molecular formula is C19H13NO4. The van der Waals surface area contributed by atoms with E-state index in [-0.39, 0.29) is 12.8 Å². The summed E-state index contributed by atoms with van der Waals surface area (Å²) in [5, 5.41) is 5.07. The van der Waals surface area contributed by atoms with E-state index < -0.39 is 6.09 Å². The molecule has 5 nitrogen and oxygen atoms in total. The molecule has 5 rings (SSSR count). The van der Waals surface area contributed by atoms with Crippen LogP contribution in [0.15, 0.2) is 54.6 Å². The van der Waals surface area contributed by atoms with Crippen molar-refractivity contribution in [1.29, 1.82) is 0 Å². The van der Waals surface area contributed by atoms with Crippen molar-refractivity contribution >= 4 is 16.9 Å². The molecule has 24 heavy (non-hydrogen) atoms. The number of benzene rings is 3. The van der Waals surface area contributed by atoms with Gasteiger partial charge in [-0.15, -0.1) is 0 Å². The summed E-state index contributed by atoms with van der Waals surface area (Å²) in [4.78, 5) is 12.0. The van der Waals surface area contributed by atoms with Gasteiger partial charge in [0.05, 0.1) is 6.04 Å². The molecule has 0 bridgehead atoms. The van der Waals surface area contributed by atoms with Gasteiger partial charge in [-0.2, -0.15) is 0 Å². The van der Waals surface area contributed by atoms with Crippen molar-refractivity contribution < 1.29 is 19.0 Å². The third-order valence-electron chi connectivity index (χ3n) is 4.41. The molecule has 2 heterocycles. The lowest BCUT2D eigenvalue weighted by molar-refractivity contribution is 0.174. The second-order valence-electron chi connectivity index (χ2n) is 5.78. The number of nitrogens with one attached hydrogen (secondary N) is 1. The van der Waals surface area contributed by atoms with Crippen LogP contribution in [0, 0.1) is 0 Å². The van der Waals surface area contributed by atoms with Crippen LogP contribution in [0.5, 0.6) is 17.2 Å². The van der Waals surface area contributed by atoms with Gasteiger partial charge < -0.3 is 19.5 Å². The van der Waals surface area contributed by atoms with Crippen LogP contribution in [-0.2, 0) is 0 Å². The molecule has 2 aliphatic rings. The molecule has 118 valence electrons. The zero-order chi connectivity index (χ0) is 16.1. The number of carbonyl (C=O) groups excluding carboxylic acids is 1. The molecule has 3 aromatic carbocycles. The van der Waals surface area contributed by atoms with Crippen LogP contribution in [0.1, 0.15) is 17.2 Å². The summed E-state index contributed by atoms with van der Waals surface area (Å²) >= 11 is 0. The standard InChI is InChI=1S/C19H13NO4/c21-19-20-18(12-6-7-14-16(9-12)23-10-22-14)17-13-4-2-1-3-11(13)5-8-15(17)24-19/h1-9,18H,10H2,(H,20,21). The van der Waals surface area contributed by atoms with E-state index in [0.717, 1.165) is 27.6 Å². The summed E-state index contributed by atoms with van der Waals surface area (Å²) in [7, 11) is 0. The fourth-order valence-corrected chi connectivity index (χ4v) is 3.32. The van der Waals surface area contributed by atoms with Crippen LogP contribution in [0.25, 0.3) is 10.8 Å². The highest BCUT2D eigenvalue weighted by Gasteiger charge is 2.30. The van der Waals surface area contributed by atoms with Crippen LogP contribution >= 0.6 is 0 Å². The number of ether oxygens (including phenoxy) is 3. The van der Waals surface area contributed by atoms with Crippen LogP contribution in [-0.4, -0.2) is 12.9 Å². The summed E-state index contributed by atoms with van der Waals surface area (Å²) in [6.45, 7) is 0.221. The van der Waals surface area contributed by atoms with Crippen molar-refractivity contribution in [3.8, 4) is 17.2 Å². The zero-order valence-corrected chi connectivity index (χ0v) is 12.6. The van der Waals surface area contributed by atoms with Crippen molar-refractivity contribution in [1.82, 2.24) is 5.32 Å². The Bertz CT molecular complexity index is 982. The number of amides is 1. The van der Waals surface area contributed by atoms with Gasteiger partial charge in [0.1, 0.15) is 5.75 Å². The number of carbonyl (C=O) groups is 1. The Morgan fingerprint density at radius 1 is 0.917 bits per heavy atom. The zero-order valence-electron chi connectivity index (χ0n) is 12.6. The van der Waals surface area contributed by atoms with Gasteiger partial charge >= 0.3 is 6.09 Å². The van der Waals surface area contributed by atoms with Gasteiger partial charge in [-0.3, -0.25) is 0 Å². The normalized spacial score (nSPS) is 18.0. The maximum Gasteiger partial charge on any atom is 0.413 e. The molecule has 1 atom stereocenters. The number of hydrogen-bond donors (Lipinski definition) is 1.